The molecule has 132 valence electrons. The molecule has 0 aliphatic rings. The van der Waals surface area contributed by atoms with Crippen LogP contribution in [0.25, 0.3) is 10.8 Å². The van der Waals surface area contributed by atoms with Crippen LogP contribution in [0, 0.1) is 0 Å². The lowest BCUT2D eigenvalue weighted by Gasteiger charge is -2.14. The summed E-state index contributed by atoms with van der Waals surface area (Å²) in [5, 5.41) is 19.1. The zero-order valence-electron chi connectivity index (χ0n) is 14.1. The molecule has 0 aliphatic heterocycles. The molecule has 1 unspecified atom stereocenters. The fourth-order valence-corrected chi connectivity index (χ4v) is 2.86. The van der Waals surface area contributed by atoms with Crippen molar-refractivity contribution in [3.05, 3.63) is 70.7 Å². The van der Waals surface area contributed by atoms with Crippen molar-refractivity contribution in [2.45, 2.75) is 13.0 Å². The summed E-state index contributed by atoms with van der Waals surface area (Å²) in [6.45, 7) is 1.76. The molecule has 0 saturated carbocycles. The molecule has 0 heterocycles. The third kappa shape index (κ3) is 4.40. The maximum Gasteiger partial charge on any atom is 0.262 e. The van der Waals surface area contributed by atoms with Gasteiger partial charge in [-0.3, -0.25) is 4.79 Å². The van der Waals surface area contributed by atoms with E-state index in [1.54, 1.807) is 25.1 Å². The minimum absolute atomic E-state index is 0.0912. The Labute approximate surface area is 159 Å². The van der Waals surface area contributed by atoms with Crippen LogP contribution in [0.5, 0.6) is 5.75 Å². The number of hydrazone groups is 1. The van der Waals surface area contributed by atoms with Gasteiger partial charge in [0, 0.05) is 15.7 Å². The van der Waals surface area contributed by atoms with Crippen molar-refractivity contribution in [3.63, 3.8) is 0 Å². The smallest absolute Gasteiger partial charge is 0.262 e. The zero-order chi connectivity index (χ0) is 18.5. The van der Waals surface area contributed by atoms with Crippen LogP contribution >= 0.6 is 15.9 Å². The topological polar surface area (TPSA) is 73.7 Å². The maximum atomic E-state index is 12.2. The zero-order valence-corrected chi connectivity index (χ0v) is 15.7. The summed E-state index contributed by atoms with van der Waals surface area (Å²) in [5.41, 5.74) is 3.85. The number of carbonyl (C=O) groups is 1. The van der Waals surface area contributed by atoms with E-state index in [2.05, 4.69) is 31.8 Å². The van der Waals surface area contributed by atoms with Crippen LogP contribution in [0.15, 0.2) is 70.2 Å². The van der Waals surface area contributed by atoms with E-state index in [0.717, 1.165) is 20.9 Å². The molecule has 1 amide bonds. The minimum atomic E-state index is -0.468. The van der Waals surface area contributed by atoms with Crippen molar-refractivity contribution in [2.24, 2.45) is 5.10 Å². The molecule has 3 N–H and O–H groups in total. The van der Waals surface area contributed by atoms with Crippen LogP contribution in [-0.4, -0.2) is 23.3 Å². The lowest BCUT2D eigenvalue weighted by Crippen LogP contribution is -2.34. The molecule has 0 radical (unpaired) electrons. The Morgan fingerprint density at radius 1 is 1.12 bits per heavy atom. The van der Waals surface area contributed by atoms with Gasteiger partial charge in [-0.25, -0.2) is 5.43 Å². The Balaban J connectivity index is 1.61. The Morgan fingerprint density at radius 3 is 2.69 bits per heavy atom. The Bertz CT molecular complexity index is 972. The van der Waals surface area contributed by atoms with Crippen LogP contribution in [-0.2, 0) is 4.79 Å². The number of rotatable bonds is 5. The van der Waals surface area contributed by atoms with Crippen LogP contribution in [0.3, 0.4) is 0 Å². The lowest BCUT2D eigenvalue weighted by molar-refractivity contribution is -0.121. The van der Waals surface area contributed by atoms with Gasteiger partial charge in [0.15, 0.2) is 0 Å². The van der Waals surface area contributed by atoms with E-state index in [1.807, 2.05) is 42.5 Å². The number of anilines is 1. The number of hydrogen-bond donors (Lipinski definition) is 3. The fourth-order valence-electron chi connectivity index (χ4n) is 2.49. The second-order valence-electron chi connectivity index (χ2n) is 5.87. The number of amides is 1. The Morgan fingerprint density at radius 2 is 1.88 bits per heavy atom. The second kappa shape index (κ2) is 8.01. The van der Waals surface area contributed by atoms with Gasteiger partial charge >= 0.3 is 0 Å². The predicted molar refractivity (Wildman–Crippen MR) is 109 cm³/mol. The number of halogens is 1. The summed E-state index contributed by atoms with van der Waals surface area (Å²) >= 11 is 3.32. The largest absolute Gasteiger partial charge is 0.507 e. The van der Waals surface area contributed by atoms with E-state index in [-0.39, 0.29) is 11.7 Å². The fraction of sp³-hybridized carbons (Fsp3) is 0.100. The number of carbonyl (C=O) groups excluding carboxylic acids is 1. The molecular weight excluding hydrogens is 394 g/mol. The first-order valence-electron chi connectivity index (χ1n) is 8.10. The quantitative estimate of drug-likeness (QED) is 0.433. The van der Waals surface area contributed by atoms with Crippen molar-refractivity contribution >= 4 is 44.5 Å². The number of hydrogen-bond acceptors (Lipinski definition) is 4. The third-order valence-corrected chi connectivity index (χ3v) is 4.39. The van der Waals surface area contributed by atoms with E-state index < -0.39 is 6.04 Å². The number of phenols is 1. The van der Waals surface area contributed by atoms with E-state index in [0.29, 0.717) is 5.56 Å². The first-order valence-corrected chi connectivity index (χ1v) is 8.89. The summed E-state index contributed by atoms with van der Waals surface area (Å²) in [6.07, 6.45) is 1.40. The number of benzene rings is 3. The van der Waals surface area contributed by atoms with E-state index in [1.165, 1.54) is 6.21 Å². The molecule has 0 spiro atoms. The van der Waals surface area contributed by atoms with Gasteiger partial charge in [0.1, 0.15) is 11.8 Å². The number of nitrogens with zero attached hydrogens (tertiary/aromatic N) is 1. The van der Waals surface area contributed by atoms with E-state index >= 15 is 0 Å². The molecule has 0 aromatic heterocycles. The molecule has 1 atom stereocenters. The molecule has 0 fully saturated rings. The molecule has 0 saturated heterocycles. The van der Waals surface area contributed by atoms with Gasteiger partial charge < -0.3 is 10.4 Å². The van der Waals surface area contributed by atoms with Gasteiger partial charge in [-0.15, -0.1) is 0 Å². The first kappa shape index (κ1) is 17.9. The van der Waals surface area contributed by atoms with Gasteiger partial charge in [-0.05, 0) is 48.0 Å². The standard InChI is InChI=1S/C20H18BrN3O2/c1-13(23-18-8-6-14-4-2-3-5-15(14)11-18)20(26)24-22-12-16-10-17(21)7-9-19(16)25/h2-13,23,25H,1H3,(H,24,26). The number of aromatic hydroxyl groups is 1. The molecule has 5 nitrogen and oxygen atoms in total. The summed E-state index contributed by atoms with van der Waals surface area (Å²) in [5.74, 6) is -0.183. The average Bonchev–Trinajstić information content (AvgIpc) is 2.64. The molecule has 3 rings (SSSR count). The molecule has 26 heavy (non-hydrogen) atoms. The molecule has 3 aromatic rings. The maximum absolute atomic E-state index is 12.2. The monoisotopic (exact) mass is 411 g/mol. The van der Waals surface area contributed by atoms with Crippen molar-refractivity contribution in [1.29, 1.82) is 0 Å². The number of nitrogens with one attached hydrogen (secondary N) is 2. The van der Waals surface area contributed by atoms with Gasteiger partial charge in [0.25, 0.3) is 5.91 Å². The minimum Gasteiger partial charge on any atom is -0.507 e. The van der Waals surface area contributed by atoms with Gasteiger partial charge in [0.2, 0.25) is 0 Å². The molecule has 0 aliphatic carbocycles. The lowest BCUT2D eigenvalue weighted by atomic mass is 10.1. The van der Waals surface area contributed by atoms with Crippen molar-refractivity contribution < 1.29 is 9.90 Å². The second-order valence-corrected chi connectivity index (χ2v) is 6.78. The van der Waals surface area contributed by atoms with Crippen LogP contribution < -0.4 is 10.7 Å². The first-order chi connectivity index (χ1) is 12.5. The normalized spacial score (nSPS) is 12.2. The van der Waals surface area contributed by atoms with Crippen molar-refractivity contribution in [3.8, 4) is 5.75 Å². The summed E-state index contributed by atoms with van der Waals surface area (Å²) in [4.78, 5) is 12.2. The molecule has 6 heteroatoms. The highest BCUT2D eigenvalue weighted by Gasteiger charge is 2.12. The molecule has 3 aromatic carbocycles. The highest BCUT2D eigenvalue weighted by molar-refractivity contribution is 9.10. The summed E-state index contributed by atoms with van der Waals surface area (Å²) < 4.78 is 0.814. The third-order valence-electron chi connectivity index (χ3n) is 3.89. The van der Waals surface area contributed by atoms with Crippen LogP contribution in [0.1, 0.15) is 12.5 Å². The predicted octanol–water partition coefficient (Wildman–Crippen LogP) is 4.26. The van der Waals surface area contributed by atoms with Gasteiger partial charge in [-0.1, -0.05) is 46.3 Å². The van der Waals surface area contributed by atoms with Gasteiger partial charge in [0.05, 0.1) is 6.21 Å². The highest BCUT2D eigenvalue weighted by atomic mass is 79.9. The van der Waals surface area contributed by atoms with Crippen molar-refractivity contribution in [2.75, 3.05) is 5.32 Å². The summed E-state index contributed by atoms with van der Waals surface area (Å²) in [7, 11) is 0. The average molecular weight is 412 g/mol. The molecular formula is C20H18BrN3O2. The van der Waals surface area contributed by atoms with Gasteiger partial charge in [-0.2, -0.15) is 5.10 Å². The molecule has 0 bridgehead atoms. The van der Waals surface area contributed by atoms with E-state index in [9.17, 15) is 9.90 Å². The Kier molecular flexibility index (Phi) is 5.53. The van der Waals surface area contributed by atoms with E-state index in [4.69, 9.17) is 0 Å². The number of fused-ring (bicyclic) bond motifs is 1. The van der Waals surface area contributed by atoms with Crippen LogP contribution in [0.2, 0.25) is 0 Å². The van der Waals surface area contributed by atoms with Crippen molar-refractivity contribution in [1.82, 2.24) is 5.43 Å². The highest BCUT2D eigenvalue weighted by Crippen LogP contribution is 2.20. The Hall–Kier alpha value is -2.86. The summed E-state index contributed by atoms with van der Waals surface area (Å²) in [6, 6.07) is 18.5. The SMILES string of the molecule is CC(Nc1ccc2ccccc2c1)C(=O)NN=Cc1cc(Br)ccc1O. The van der Waals surface area contributed by atoms with Crippen LogP contribution in [0.4, 0.5) is 5.69 Å². The number of phenolic OH excluding ortho intramolecular Hbond substituents is 1.